The molecule has 0 atom stereocenters. The predicted molar refractivity (Wildman–Crippen MR) is 83.8 cm³/mol. The molecular formula is C16H10BrFN2O. The van der Waals surface area contributed by atoms with Crippen LogP contribution >= 0.6 is 15.9 Å². The number of aromatic nitrogens is 1. The molecule has 0 bridgehead atoms. The number of rotatable bonds is 2. The third-order valence-corrected chi connectivity index (χ3v) is 3.45. The molecule has 3 aromatic rings. The molecule has 2 aromatic carbocycles. The number of anilines is 1. The fraction of sp³-hybridized carbons (Fsp3) is 0. The average Bonchev–Trinajstić information content (AvgIpc) is 2.47. The molecule has 0 aliphatic rings. The standard InChI is InChI=1S/C16H10BrFN2O/c17-12-7-10-3-2-6-14(15(10)19-9-12)20-16(21)11-4-1-5-13(18)8-11/h1-9H,(H,20,21). The molecule has 0 fully saturated rings. The van der Waals surface area contributed by atoms with Gasteiger partial charge in [0, 0.05) is 21.6 Å². The quantitative estimate of drug-likeness (QED) is 0.749. The lowest BCUT2D eigenvalue weighted by Gasteiger charge is -2.08. The van der Waals surface area contributed by atoms with E-state index in [1.807, 2.05) is 18.2 Å². The lowest BCUT2D eigenvalue weighted by Crippen LogP contribution is -2.12. The maximum absolute atomic E-state index is 13.2. The van der Waals surface area contributed by atoms with Crippen molar-refractivity contribution in [2.24, 2.45) is 0 Å². The molecule has 0 aliphatic heterocycles. The van der Waals surface area contributed by atoms with Gasteiger partial charge in [0.05, 0.1) is 11.2 Å². The molecule has 5 heteroatoms. The van der Waals surface area contributed by atoms with Crippen molar-refractivity contribution < 1.29 is 9.18 Å². The summed E-state index contributed by atoms with van der Waals surface area (Å²) < 4.78 is 14.0. The molecule has 0 saturated carbocycles. The minimum absolute atomic E-state index is 0.268. The van der Waals surface area contributed by atoms with Gasteiger partial charge < -0.3 is 5.32 Å². The number of carbonyl (C=O) groups is 1. The first-order valence-corrected chi connectivity index (χ1v) is 7.04. The first-order chi connectivity index (χ1) is 10.1. The number of nitrogens with zero attached hydrogens (tertiary/aromatic N) is 1. The maximum atomic E-state index is 13.2. The van der Waals surface area contributed by atoms with Crippen molar-refractivity contribution in [3.63, 3.8) is 0 Å². The SMILES string of the molecule is O=C(Nc1cccc2cc(Br)cnc12)c1cccc(F)c1. The highest BCUT2D eigenvalue weighted by Crippen LogP contribution is 2.24. The number of hydrogen-bond donors (Lipinski definition) is 1. The van der Waals surface area contributed by atoms with E-state index in [-0.39, 0.29) is 11.5 Å². The van der Waals surface area contributed by atoms with Crippen LogP contribution in [0.4, 0.5) is 10.1 Å². The lowest BCUT2D eigenvalue weighted by molar-refractivity contribution is 0.102. The number of benzene rings is 2. The van der Waals surface area contributed by atoms with Crippen molar-refractivity contribution >= 4 is 38.4 Å². The van der Waals surface area contributed by atoms with Gasteiger partial charge >= 0.3 is 0 Å². The molecule has 0 unspecified atom stereocenters. The van der Waals surface area contributed by atoms with Crippen molar-refractivity contribution in [1.82, 2.24) is 4.98 Å². The summed E-state index contributed by atoms with van der Waals surface area (Å²) >= 11 is 3.36. The smallest absolute Gasteiger partial charge is 0.255 e. The Kier molecular flexibility index (Phi) is 3.66. The molecule has 0 saturated heterocycles. The number of amides is 1. The second-order valence-corrected chi connectivity index (χ2v) is 5.41. The third kappa shape index (κ3) is 2.92. The Morgan fingerprint density at radius 3 is 2.76 bits per heavy atom. The van der Waals surface area contributed by atoms with Gasteiger partial charge in [-0.3, -0.25) is 9.78 Å². The van der Waals surface area contributed by atoms with E-state index in [0.29, 0.717) is 11.2 Å². The van der Waals surface area contributed by atoms with E-state index in [1.165, 1.54) is 18.2 Å². The monoisotopic (exact) mass is 344 g/mol. The first kappa shape index (κ1) is 13.7. The highest BCUT2D eigenvalue weighted by Gasteiger charge is 2.10. The molecule has 1 N–H and O–H groups in total. The molecule has 0 aliphatic carbocycles. The lowest BCUT2D eigenvalue weighted by atomic mass is 10.1. The van der Waals surface area contributed by atoms with Gasteiger partial charge in [0.2, 0.25) is 0 Å². The molecule has 21 heavy (non-hydrogen) atoms. The first-order valence-electron chi connectivity index (χ1n) is 6.25. The van der Waals surface area contributed by atoms with Crippen LogP contribution in [0, 0.1) is 5.82 Å². The normalized spacial score (nSPS) is 10.6. The molecule has 1 aromatic heterocycles. The van der Waals surface area contributed by atoms with Crippen LogP contribution in [-0.2, 0) is 0 Å². The molecule has 104 valence electrons. The van der Waals surface area contributed by atoms with Crippen LogP contribution in [0.15, 0.2) is 59.2 Å². The van der Waals surface area contributed by atoms with Crippen molar-refractivity contribution in [2.45, 2.75) is 0 Å². The van der Waals surface area contributed by atoms with Gasteiger partial charge in [0.15, 0.2) is 0 Å². The molecule has 1 heterocycles. The Balaban J connectivity index is 1.96. The van der Waals surface area contributed by atoms with Gasteiger partial charge in [0.1, 0.15) is 5.82 Å². The molecule has 3 nitrogen and oxygen atoms in total. The zero-order valence-corrected chi connectivity index (χ0v) is 12.4. The topological polar surface area (TPSA) is 42.0 Å². The summed E-state index contributed by atoms with van der Waals surface area (Å²) in [6.07, 6.45) is 1.67. The van der Waals surface area contributed by atoms with E-state index in [1.54, 1.807) is 18.3 Å². The number of nitrogens with one attached hydrogen (secondary N) is 1. The van der Waals surface area contributed by atoms with Crippen molar-refractivity contribution in [3.8, 4) is 0 Å². The fourth-order valence-electron chi connectivity index (χ4n) is 2.06. The number of fused-ring (bicyclic) bond motifs is 1. The number of halogens is 2. The molecular weight excluding hydrogens is 335 g/mol. The largest absolute Gasteiger partial charge is 0.320 e. The van der Waals surface area contributed by atoms with Gasteiger partial charge in [-0.15, -0.1) is 0 Å². The van der Waals surface area contributed by atoms with Crippen LogP contribution in [0.3, 0.4) is 0 Å². The molecule has 0 spiro atoms. The second-order valence-electron chi connectivity index (χ2n) is 4.50. The second kappa shape index (κ2) is 5.61. The Morgan fingerprint density at radius 2 is 1.95 bits per heavy atom. The minimum atomic E-state index is -0.442. The summed E-state index contributed by atoms with van der Waals surface area (Å²) in [4.78, 5) is 16.5. The van der Waals surface area contributed by atoms with Crippen molar-refractivity contribution in [3.05, 3.63) is 70.6 Å². The third-order valence-electron chi connectivity index (χ3n) is 3.01. The van der Waals surface area contributed by atoms with E-state index in [2.05, 4.69) is 26.2 Å². The van der Waals surface area contributed by atoms with Crippen LogP contribution in [-0.4, -0.2) is 10.9 Å². The zero-order chi connectivity index (χ0) is 14.8. The molecule has 3 rings (SSSR count). The van der Waals surface area contributed by atoms with E-state index in [9.17, 15) is 9.18 Å². The Labute approximate surface area is 128 Å². The van der Waals surface area contributed by atoms with Gasteiger partial charge in [-0.2, -0.15) is 0 Å². The number of hydrogen-bond acceptors (Lipinski definition) is 2. The van der Waals surface area contributed by atoms with Crippen molar-refractivity contribution in [1.29, 1.82) is 0 Å². The minimum Gasteiger partial charge on any atom is -0.320 e. The number of pyridine rings is 1. The van der Waals surface area contributed by atoms with E-state index >= 15 is 0 Å². The summed E-state index contributed by atoms with van der Waals surface area (Å²) in [5.74, 6) is -0.811. The van der Waals surface area contributed by atoms with Crippen LogP contribution in [0.2, 0.25) is 0 Å². The van der Waals surface area contributed by atoms with Gasteiger partial charge in [-0.05, 0) is 46.3 Å². The van der Waals surface area contributed by atoms with E-state index in [0.717, 1.165) is 9.86 Å². The van der Waals surface area contributed by atoms with Crippen LogP contribution in [0.1, 0.15) is 10.4 Å². The number of carbonyl (C=O) groups excluding carboxylic acids is 1. The maximum Gasteiger partial charge on any atom is 0.255 e. The highest BCUT2D eigenvalue weighted by molar-refractivity contribution is 9.10. The average molecular weight is 345 g/mol. The predicted octanol–water partition coefficient (Wildman–Crippen LogP) is 4.39. The van der Waals surface area contributed by atoms with Gasteiger partial charge in [-0.25, -0.2) is 4.39 Å². The van der Waals surface area contributed by atoms with Crippen molar-refractivity contribution in [2.75, 3.05) is 5.32 Å². The summed E-state index contributed by atoms with van der Waals surface area (Å²) in [7, 11) is 0. The highest BCUT2D eigenvalue weighted by atomic mass is 79.9. The summed E-state index contributed by atoms with van der Waals surface area (Å²) in [5, 5.41) is 3.67. The van der Waals surface area contributed by atoms with Crippen LogP contribution in [0.5, 0.6) is 0 Å². The summed E-state index contributed by atoms with van der Waals surface area (Å²) in [5.41, 5.74) is 1.55. The van der Waals surface area contributed by atoms with Crippen LogP contribution < -0.4 is 5.32 Å². The summed E-state index contributed by atoms with van der Waals surface area (Å²) in [6.45, 7) is 0. The van der Waals surface area contributed by atoms with Gasteiger partial charge in [0.25, 0.3) is 5.91 Å². The Bertz CT molecular complexity index is 835. The Morgan fingerprint density at radius 1 is 1.14 bits per heavy atom. The van der Waals surface area contributed by atoms with E-state index < -0.39 is 5.82 Å². The number of para-hydroxylation sites is 1. The van der Waals surface area contributed by atoms with E-state index in [4.69, 9.17) is 0 Å². The molecule has 0 radical (unpaired) electrons. The zero-order valence-electron chi connectivity index (χ0n) is 10.8. The Hall–Kier alpha value is -2.27. The van der Waals surface area contributed by atoms with Gasteiger partial charge in [-0.1, -0.05) is 18.2 Å². The fourth-order valence-corrected chi connectivity index (χ4v) is 2.41. The van der Waals surface area contributed by atoms with Crippen LogP contribution in [0.25, 0.3) is 10.9 Å². The molecule has 1 amide bonds. The summed E-state index contributed by atoms with van der Waals surface area (Å²) in [6, 6.07) is 13.0.